The van der Waals surface area contributed by atoms with Gasteiger partial charge < -0.3 is 15.5 Å². The van der Waals surface area contributed by atoms with E-state index in [1.165, 1.54) is 51.6 Å². The van der Waals surface area contributed by atoms with E-state index >= 15 is 0 Å². The number of amides is 1. The predicted molar refractivity (Wildman–Crippen MR) is 111 cm³/mol. The van der Waals surface area contributed by atoms with Crippen LogP contribution in [-0.4, -0.2) is 51.8 Å². The molecule has 6 nitrogen and oxygen atoms in total. The van der Waals surface area contributed by atoms with Crippen molar-refractivity contribution >= 4 is 5.91 Å². The van der Waals surface area contributed by atoms with E-state index in [9.17, 15) is 4.79 Å². The molecule has 2 saturated heterocycles. The highest BCUT2D eigenvalue weighted by molar-refractivity contribution is 5.77. The van der Waals surface area contributed by atoms with Crippen LogP contribution in [0.1, 0.15) is 76.8 Å². The van der Waals surface area contributed by atoms with Gasteiger partial charge in [0.2, 0.25) is 5.91 Å². The number of piperidine rings is 2. The zero-order valence-corrected chi connectivity index (χ0v) is 17.6. The minimum absolute atomic E-state index is 0.0405. The lowest BCUT2D eigenvalue weighted by molar-refractivity contribution is -0.124. The van der Waals surface area contributed by atoms with Gasteiger partial charge in [-0.25, -0.2) is 0 Å². The van der Waals surface area contributed by atoms with Crippen LogP contribution in [0.5, 0.6) is 0 Å². The van der Waals surface area contributed by atoms with Crippen molar-refractivity contribution in [2.24, 2.45) is 5.92 Å². The number of hydrogen-bond donors (Lipinski definition) is 2. The molecule has 3 fully saturated rings. The van der Waals surface area contributed by atoms with Crippen molar-refractivity contribution in [2.75, 3.05) is 13.1 Å². The Morgan fingerprint density at radius 1 is 1.21 bits per heavy atom. The standard InChI is InChI=1S/C22H37N5O/c1-3-27-15-17(14-23-27)22-20(7-8-21(28)25-22)24-18-9-11-26(12-10-18)19-6-4-5-16(2)13-19/h14-16,18-20,22,24H,3-13H2,1-2H3,(H,25,28)/t16-,19-,20+,22-/m0/s1. The van der Waals surface area contributed by atoms with Gasteiger partial charge in [0.05, 0.1) is 12.2 Å². The summed E-state index contributed by atoms with van der Waals surface area (Å²) in [4.78, 5) is 14.8. The number of rotatable bonds is 5. The van der Waals surface area contributed by atoms with E-state index in [0.717, 1.165) is 30.5 Å². The quantitative estimate of drug-likeness (QED) is 0.816. The summed E-state index contributed by atoms with van der Waals surface area (Å²) in [5.41, 5.74) is 1.13. The van der Waals surface area contributed by atoms with Crippen LogP contribution in [0.2, 0.25) is 0 Å². The molecular weight excluding hydrogens is 350 g/mol. The molecule has 2 aliphatic heterocycles. The fourth-order valence-electron chi connectivity index (χ4n) is 5.48. The maximum Gasteiger partial charge on any atom is 0.220 e. The first-order valence-electron chi connectivity index (χ1n) is 11.4. The van der Waals surface area contributed by atoms with E-state index in [0.29, 0.717) is 18.5 Å². The van der Waals surface area contributed by atoms with Crippen LogP contribution in [0.4, 0.5) is 0 Å². The van der Waals surface area contributed by atoms with E-state index in [4.69, 9.17) is 0 Å². The minimum Gasteiger partial charge on any atom is -0.348 e. The Labute approximate surface area is 169 Å². The number of nitrogens with one attached hydrogen (secondary N) is 2. The fraction of sp³-hybridized carbons (Fsp3) is 0.818. The van der Waals surface area contributed by atoms with Gasteiger partial charge in [-0.3, -0.25) is 9.48 Å². The third-order valence-electron chi connectivity index (χ3n) is 7.14. The Morgan fingerprint density at radius 2 is 2.04 bits per heavy atom. The Bertz CT molecular complexity index is 651. The maximum atomic E-state index is 12.0. The summed E-state index contributed by atoms with van der Waals surface area (Å²) < 4.78 is 1.94. The molecular formula is C22H37N5O. The van der Waals surface area contributed by atoms with Gasteiger partial charge >= 0.3 is 0 Å². The second-order valence-corrected chi connectivity index (χ2v) is 9.22. The average Bonchev–Trinajstić information content (AvgIpc) is 3.19. The molecule has 0 spiro atoms. The molecule has 4 rings (SSSR count). The number of hydrogen-bond acceptors (Lipinski definition) is 4. The average molecular weight is 388 g/mol. The Kier molecular flexibility index (Phi) is 6.36. The molecule has 0 unspecified atom stereocenters. The van der Waals surface area contributed by atoms with E-state index < -0.39 is 0 Å². The van der Waals surface area contributed by atoms with Gasteiger partial charge in [-0.05, 0) is 58.0 Å². The topological polar surface area (TPSA) is 62.2 Å². The van der Waals surface area contributed by atoms with Crippen LogP contribution in [0.3, 0.4) is 0 Å². The summed E-state index contributed by atoms with van der Waals surface area (Å²) in [5, 5.41) is 11.5. The van der Waals surface area contributed by atoms with E-state index in [2.05, 4.69) is 40.7 Å². The number of aryl methyl sites for hydroxylation is 1. The number of aromatic nitrogens is 2. The van der Waals surface area contributed by atoms with Gasteiger partial charge in [-0.2, -0.15) is 5.10 Å². The van der Waals surface area contributed by atoms with Gasteiger partial charge in [-0.15, -0.1) is 0 Å². The van der Waals surface area contributed by atoms with Crippen molar-refractivity contribution in [3.63, 3.8) is 0 Å². The second-order valence-electron chi connectivity index (χ2n) is 9.22. The molecule has 0 bridgehead atoms. The summed E-state index contributed by atoms with van der Waals surface area (Å²) >= 11 is 0. The lowest BCUT2D eigenvalue weighted by Crippen LogP contribution is -2.54. The van der Waals surface area contributed by atoms with Crippen LogP contribution in [-0.2, 0) is 11.3 Å². The first-order chi connectivity index (χ1) is 13.6. The SMILES string of the molecule is CCn1cc([C@@H]2NC(=O)CC[C@H]2NC2CCN([C@H]3CCC[C@H](C)C3)CC2)cn1. The number of nitrogens with zero attached hydrogens (tertiary/aromatic N) is 3. The van der Waals surface area contributed by atoms with Gasteiger partial charge in [0.25, 0.3) is 0 Å². The highest BCUT2D eigenvalue weighted by Crippen LogP contribution is 2.30. The van der Waals surface area contributed by atoms with Crippen molar-refractivity contribution < 1.29 is 4.79 Å². The lowest BCUT2D eigenvalue weighted by Gasteiger charge is -2.42. The lowest BCUT2D eigenvalue weighted by atomic mass is 9.85. The molecule has 0 radical (unpaired) electrons. The van der Waals surface area contributed by atoms with E-state index in [1.54, 1.807) is 0 Å². The largest absolute Gasteiger partial charge is 0.348 e. The monoisotopic (exact) mass is 387 g/mol. The summed E-state index contributed by atoms with van der Waals surface area (Å²) in [6.07, 6.45) is 13.6. The molecule has 1 amide bonds. The molecule has 1 aliphatic carbocycles. The smallest absolute Gasteiger partial charge is 0.220 e. The molecule has 6 heteroatoms. The van der Waals surface area contributed by atoms with Crippen molar-refractivity contribution in [3.05, 3.63) is 18.0 Å². The number of likely N-dealkylation sites (tertiary alicyclic amines) is 1. The molecule has 3 heterocycles. The van der Waals surface area contributed by atoms with Crippen LogP contribution in [0, 0.1) is 5.92 Å². The summed E-state index contributed by atoms with van der Waals surface area (Å²) in [5.74, 6) is 1.05. The van der Waals surface area contributed by atoms with Crippen LogP contribution in [0.15, 0.2) is 12.4 Å². The first-order valence-corrected chi connectivity index (χ1v) is 11.4. The molecule has 156 valence electrons. The van der Waals surface area contributed by atoms with E-state index in [1.807, 2.05) is 10.9 Å². The van der Waals surface area contributed by atoms with Gasteiger partial charge in [0, 0.05) is 42.9 Å². The van der Waals surface area contributed by atoms with Crippen LogP contribution < -0.4 is 10.6 Å². The molecule has 4 atom stereocenters. The van der Waals surface area contributed by atoms with Crippen LogP contribution >= 0.6 is 0 Å². The minimum atomic E-state index is 0.0405. The van der Waals surface area contributed by atoms with Crippen molar-refractivity contribution in [3.8, 4) is 0 Å². The molecule has 28 heavy (non-hydrogen) atoms. The number of carbonyl (C=O) groups is 1. The summed E-state index contributed by atoms with van der Waals surface area (Å²) in [7, 11) is 0. The maximum absolute atomic E-state index is 12.0. The first kappa shape index (κ1) is 19.9. The molecule has 3 aliphatic rings. The summed E-state index contributed by atoms with van der Waals surface area (Å²) in [6.45, 7) is 7.79. The Hall–Kier alpha value is -1.40. The van der Waals surface area contributed by atoms with Crippen molar-refractivity contribution in [2.45, 2.75) is 95.9 Å². The highest BCUT2D eigenvalue weighted by atomic mass is 16.1. The molecule has 1 saturated carbocycles. The zero-order chi connectivity index (χ0) is 19.5. The highest BCUT2D eigenvalue weighted by Gasteiger charge is 2.34. The second kappa shape index (κ2) is 8.95. The van der Waals surface area contributed by atoms with E-state index in [-0.39, 0.29) is 11.9 Å². The summed E-state index contributed by atoms with van der Waals surface area (Å²) in [6, 6.07) is 1.71. The Morgan fingerprint density at radius 3 is 2.75 bits per heavy atom. The van der Waals surface area contributed by atoms with Gasteiger partial charge in [-0.1, -0.05) is 19.8 Å². The predicted octanol–water partition coefficient (Wildman–Crippen LogP) is 2.86. The van der Waals surface area contributed by atoms with Crippen LogP contribution in [0.25, 0.3) is 0 Å². The van der Waals surface area contributed by atoms with Crippen molar-refractivity contribution in [1.29, 1.82) is 0 Å². The molecule has 0 aromatic carbocycles. The number of carbonyl (C=O) groups excluding carboxylic acids is 1. The van der Waals surface area contributed by atoms with Gasteiger partial charge in [0.1, 0.15) is 0 Å². The fourth-order valence-corrected chi connectivity index (χ4v) is 5.48. The normalized spacial score (nSPS) is 33.0. The van der Waals surface area contributed by atoms with Crippen molar-refractivity contribution in [1.82, 2.24) is 25.3 Å². The third kappa shape index (κ3) is 4.60. The molecule has 1 aromatic rings. The third-order valence-corrected chi connectivity index (χ3v) is 7.14. The molecule has 1 aromatic heterocycles. The Balaban J connectivity index is 1.33. The molecule has 2 N–H and O–H groups in total. The zero-order valence-electron chi connectivity index (χ0n) is 17.6. The van der Waals surface area contributed by atoms with Gasteiger partial charge in [0.15, 0.2) is 0 Å².